The molecular formula is C35H48F4O3. The first-order chi connectivity index (χ1) is 20.4. The lowest BCUT2D eigenvalue weighted by Gasteiger charge is -2.27. The molecule has 2 aliphatic carbocycles. The molecule has 0 amide bonds. The predicted octanol–water partition coefficient (Wildman–Crippen LogP) is 9.87. The molecule has 0 spiro atoms. The van der Waals surface area contributed by atoms with Crippen molar-refractivity contribution in [3.05, 3.63) is 58.2 Å². The Labute approximate surface area is 249 Å². The van der Waals surface area contributed by atoms with Gasteiger partial charge in [0.25, 0.3) is 0 Å². The Morgan fingerprint density at radius 2 is 1.45 bits per heavy atom. The van der Waals surface area contributed by atoms with Gasteiger partial charge in [-0.2, -0.15) is 8.78 Å². The molecule has 2 aliphatic rings. The first-order valence-corrected chi connectivity index (χ1v) is 16.2. The molecule has 0 aromatic heterocycles. The number of aryl methyl sites for hydroxylation is 1. The fourth-order valence-corrected chi connectivity index (χ4v) is 6.26. The summed E-state index contributed by atoms with van der Waals surface area (Å²) in [5.41, 5.74) is 1.06. The molecule has 0 saturated heterocycles. The molecule has 2 aromatic carbocycles. The lowest BCUT2D eigenvalue weighted by atomic mass is 9.79. The van der Waals surface area contributed by atoms with Gasteiger partial charge in [0.05, 0.1) is 13.2 Å². The van der Waals surface area contributed by atoms with E-state index in [-0.39, 0.29) is 35.7 Å². The zero-order valence-corrected chi connectivity index (χ0v) is 25.4. The molecule has 3 nitrogen and oxygen atoms in total. The van der Waals surface area contributed by atoms with E-state index in [1.54, 1.807) is 6.07 Å². The van der Waals surface area contributed by atoms with Crippen LogP contribution >= 0.6 is 0 Å². The molecular weight excluding hydrogens is 544 g/mol. The van der Waals surface area contributed by atoms with E-state index in [1.807, 2.05) is 0 Å². The molecule has 2 atom stereocenters. The van der Waals surface area contributed by atoms with E-state index in [9.17, 15) is 8.78 Å². The van der Waals surface area contributed by atoms with Crippen molar-refractivity contribution < 1.29 is 31.8 Å². The van der Waals surface area contributed by atoms with Gasteiger partial charge in [0.1, 0.15) is 0 Å². The number of halogens is 4. The topological polar surface area (TPSA) is 27.7 Å². The zero-order chi connectivity index (χ0) is 29.9. The highest BCUT2D eigenvalue weighted by molar-refractivity contribution is 5.43. The van der Waals surface area contributed by atoms with Crippen molar-refractivity contribution in [3.8, 4) is 11.5 Å². The van der Waals surface area contributed by atoms with Crippen LogP contribution in [0.4, 0.5) is 17.6 Å². The minimum Gasteiger partial charge on any atom is -0.490 e. The number of rotatable bonds is 19. The van der Waals surface area contributed by atoms with E-state index < -0.39 is 29.2 Å². The molecule has 2 unspecified atom stereocenters. The summed E-state index contributed by atoms with van der Waals surface area (Å²) >= 11 is 0. The van der Waals surface area contributed by atoms with Gasteiger partial charge in [-0.1, -0.05) is 58.4 Å². The monoisotopic (exact) mass is 592 g/mol. The van der Waals surface area contributed by atoms with Crippen LogP contribution in [0.3, 0.4) is 0 Å². The van der Waals surface area contributed by atoms with E-state index in [0.29, 0.717) is 44.6 Å². The van der Waals surface area contributed by atoms with Crippen molar-refractivity contribution in [1.29, 1.82) is 0 Å². The fraction of sp³-hybridized carbons (Fsp3) is 0.657. The number of benzene rings is 2. The highest BCUT2D eigenvalue weighted by atomic mass is 19.2. The van der Waals surface area contributed by atoms with Gasteiger partial charge in [0.15, 0.2) is 23.1 Å². The third-order valence-corrected chi connectivity index (χ3v) is 8.97. The normalized spacial score (nSPS) is 17.2. The van der Waals surface area contributed by atoms with Crippen LogP contribution in [0.5, 0.6) is 11.5 Å². The first kappa shape index (κ1) is 32.6. The van der Waals surface area contributed by atoms with E-state index in [4.69, 9.17) is 14.2 Å². The smallest absolute Gasteiger partial charge is 0.200 e. The van der Waals surface area contributed by atoms with Crippen molar-refractivity contribution in [3.63, 3.8) is 0 Å². The number of ether oxygens (including phenoxy) is 3. The minimum atomic E-state index is -1.05. The molecule has 42 heavy (non-hydrogen) atoms. The van der Waals surface area contributed by atoms with Crippen LogP contribution in [-0.2, 0) is 17.6 Å². The molecule has 234 valence electrons. The van der Waals surface area contributed by atoms with Gasteiger partial charge in [-0.25, -0.2) is 8.78 Å². The Bertz CT molecular complexity index is 1130. The molecule has 0 aliphatic heterocycles. The summed E-state index contributed by atoms with van der Waals surface area (Å²) in [7, 11) is 0. The van der Waals surface area contributed by atoms with E-state index in [1.165, 1.54) is 37.8 Å². The van der Waals surface area contributed by atoms with Crippen molar-refractivity contribution in [2.45, 2.75) is 110 Å². The van der Waals surface area contributed by atoms with Gasteiger partial charge < -0.3 is 14.2 Å². The standard InChI is InChI=1S/C35H48F4O3/c1-3-5-8-18-40-19-10-21-41-30-17-16-28(32(36)34(30)38)26-14-15-27-23-31(35(39)33(37)29(27)22-26)42-20-9-6-7-11-24(4-2)25-12-13-25/h16-17,23-26H,3-15,18-22H2,1-2H3. The van der Waals surface area contributed by atoms with Gasteiger partial charge in [-0.3, -0.25) is 0 Å². The molecule has 7 heteroatoms. The molecule has 1 fully saturated rings. The van der Waals surface area contributed by atoms with Gasteiger partial charge >= 0.3 is 0 Å². The number of hydrogen-bond donors (Lipinski definition) is 0. The van der Waals surface area contributed by atoms with Crippen LogP contribution < -0.4 is 9.47 Å². The van der Waals surface area contributed by atoms with E-state index in [0.717, 1.165) is 50.4 Å². The maximum absolute atomic E-state index is 15.2. The van der Waals surface area contributed by atoms with Gasteiger partial charge in [-0.05, 0) is 91.5 Å². The summed E-state index contributed by atoms with van der Waals surface area (Å²) in [6.07, 6.45) is 13.0. The molecule has 0 bridgehead atoms. The second-order valence-corrected chi connectivity index (χ2v) is 12.1. The van der Waals surface area contributed by atoms with E-state index in [2.05, 4.69) is 13.8 Å². The Balaban J connectivity index is 1.26. The molecule has 0 N–H and O–H groups in total. The summed E-state index contributed by atoms with van der Waals surface area (Å²) in [6, 6.07) is 4.52. The van der Waals surface area contributed by atoms with Crippen LogP contribution in [0.15, 0.2) is 18.2 Å². The van der Waals surface area contributed by atoms with Crippen molar-refractivity contribution in [1.82, 2.24) is 0 Å². The molecule has 1 saturated carbocycles. The van der Waals surface area contributed by atoms with Crippen molar-refractivity contribution in [2.75, 3.05) is 26.4 Å². The van der Waals surface area contributed by atoms with Gasteiger partial charge in [0, 0.05) is 19.6 Å². The minimum absolute atomic E-state index is 0.0563. The van der Waals surface area contributed by atoms with Crippen LogP contribution in [0.1, 0.15) is 114 Å². The maximum atomic E-state index is 15.2. The molecule has 0 radical (unpaired) electrons. The summed E-state index contributed by atoms with van der Waals surface area (Å²) in [5.74, 6) is -2.89. The van der Waals surface area contributed by atoms with Crippen molar-refractivity contribution >= 4 is 0 Å². The van der Waals surface area contributed by atoms with Crippen molar-refractivity contribution in [2.24, 2.45) is 11.8 Å². The second-order valence-electron chi connectivity index (χ2n) is 12.1. The SMILES string of the molecule is CCCCCOCCCOc1ccc(C2CCc3cc(OCCCCCC(CC)C4CC4)c(F)c(F)c3C2)c(F)c1F. The molecule has 0 heterocycles. The van der Waals surface area contributed by atoms with E-state index >= 15 is 8.78 Å². The van der Waals surface area contributed by atoms with Crippen LogP contribution in [-0.4, -0.2) is 26.4 Å². The average Bonchev–Trinajstić information content (AvgIpc) is 3.84. The number of unbranched alkanes of at least 4 members (excludes halogenated alkanes) is 4. The van der Waals surface area contributed by atoms with Gasteiger partial charge in [0.2, 0.25) is 11.6 Å². The number of hydrogen-bond acceptors (Lipinski definition) is 3. The predicted molar refractivity (Wildman–Crippen MR) is 158 cm³/mol. The Morgan fingerprint density at radius 1 is 0.738 bits per heavy atom. The highest BCUT2D eigenvalue weighted by Gasteiger charge is 2.30. The first-order valence-electron chi connectivity index (χ1n) is 16.2. The summed E-state index contributed by atoms with van der Waals surface area (Å²) < 4.78 is 76.6. The van der Waals surface area contributed by atoms with Crippen LogP contribution in [0, 0.1) is 35.1 Å². The Kier molecular flexibility index (Phi) is 12.8. The fourth-order valence-electron chi connectivity index (χ4n) is 6.26. The lowest BCUT2D eigenvalue weighted by Crippen LogP contribution is -2.18. The zero-order valence-electron chi connectivity index (χ0n) is 25.4. The highest BCUT2D eigenvalue weighted by Crippen LogP contribution is 2.41. The molecule has 4 rings (SSSR count). The average molecular weight is 593 g/mol. The maximum Gasteiger partial charge on any atom is 0.200 e. The molecule has 2 aromatic rings. The second kappa shape index (κ2) is 16.5. The van der Waals surface area contributed by atoms with Gasteiger partial charge in [-0.15, -0.1) is 0 Å². The lowest BCUT2D eigenvalue weighted by molar-refractivity contribution is 0.115. The third-order valence-electron chi connectivity index (χ3n) is 8.97. The largest absolute Gasteiger partial charge is 0.490 e. The Morgan fingerprint density at radius 3 is 2.21 bits per heavy atom. The summed E-state index contributed by atoms with van der Waals surface area (Å²) in [4.78, 5) is 0. The van der Waals surface area contributed by atoms with Crippen LogP contribution in [0.25, 0.3) is 0 Å². The number of fused-ring (bicyclic) bond motifs is 1. The summed E-state index contributed by atoms with van der Waals surface area (Å²) in [6.45, 7) is 6.15. The quantitative estimate of drug-likeness (QED) is 0.120. The van der Waals surface area contributed by atoms with Crippen LogP contribution in [0.2, 0.25) is 0 Å². The Hall–Kier alpha value is -2.28. The third kappa shape index (κ3) is 8.87. The summed E-state index contributed by atoms with van der Waals surface area (Å²) in [5, 5.41) is 0.